The molecule has 0 aliphatic carbocycles. The van der Waals surface area contributed by atoms with Gasteiger partial charge in [0.1, 0.15) is 5.75 Å². The highest BCUT2D eigenvalue weighted by Crippen LogP contribution is 2.55. The van der Waals surface area contributed by atoms with E-state index in [0.717, 1.165) is 28.7 Å². The Morgan fingerprint density at radius 1 is 1.06 bits per heavy atom. The van der Waals surface area contributed by atoms with Crippen molar-refractivity contribution in [1.29, 1.82) is 0 Å². The zero-order chi connectivity index (χ0) is 22.1. The Labute approximate surface area is 181 Å². The normalized spacial score (nSPS) is 23.2. The molecule has 158 valence electrons. The number of nitrogens with zero attached hydrogens (tertiary/aromatic N) is 2. The van der Waals surface area contributed by atoms with E-state index in [4.69, 9.17) is 4.74 Å². The lowest BCUT2D eigenvalue weighted by Gasteiger charge is -2.46. The first kappa shape index (κ1) is 19.5. The van der Waals surface area contributed by atoms with Crippen molar-refractivity contribution in [3.8, 4) is 5.75 Å². The van der Waals surface area contributed by atoms with Gasteiger partial charge in [-0.25, -0.2) is 0 Å². The molecular weight excluding hydrogens is 392 g/mol. The van der Waals surface area contributed by atoms with Crippen molar-refractivity contribution < 1.29 is 19.1 Å². The summed E-state index contributed by atoms with van der Waals surface area (Å²) in [6.45, 7) is 6.11. The maximum atomic E-state index is 12.3. The Balaban J connectivity index is 1.63. The molecule has 0 radical (unpaired) electrons. The van der Waals surface area contributed by atoms with Crippen molar-refractivity contribution in [2.24, 2.45) is 0 Å². The molecule has 0 saturated carbocycles. The van der Waals surface area contributed by atoms with Crippen LogP contribution in [0.4, 0.5) is 11.4 Å². The predicted molar refractivity (Wildman–Crippen MR) is 119 cm³/mol. The van der Waals surface area contributed by atoms with E-state index in [9.17, 15) is 14.4 Å². The summed E-state index contributed by atoms with van der Waals surface area (Å²) in [5, 5.41) is 0. The highest BCUT2D eigenvalue weighted by atomic mass is 16.5. The fraction of sp³-hybridized carbons (Fsp3) is 0.320. The number of carbonyl (C=O) groups is 3. The lowest BCUT2D eigenvalue weighted by Crippen LogP contribution is -2.58. The van der Waals surface area contributed by atoms with E-state index < -0.39 is 11.1 Å². The first-order valence-electron chi connectivity index (χ1n) is 10.4. The van der Waals surface area contributed by atoms with Crippen molar-refractivity contribution in [3.05, 3.63) is 58.7 Å². The Hall–Kier alpha value is -3.41. The van der Waals surface area contributed by atoms with Gasteiger partial charge in [0.15, 0.2) is 6.29 Å². The van der Waals surface area contributed by atoms with Crippen LogP contribution in [0, 0.1) is 6.92 Å². The number of ether oxygens (including phenoxy) is 1. The van der Waals surface area contributed by atoms with E-state index in [1.807, 2.05) is 56.5 Å². The Kier molecular flexibility index (Phi) is 3.97. The summed E-state index contributed by atoms with van der Waals surface area (Å²) in [6, 6.07) is 9.50. The van der Waals surface area contributed by atoms with Gasteiger partial charge in [0.2, 0.25) is 17.5 Å². The molecule has 0 N–H and O–H groups in total. The van der Waals surface area contributed by atoms with Crippen LogP contribution in [-0.4, -0.2) is 30.9 Å². The van der Waals surface area contributed by atoms with Gasteiger partial charge >= 0.3 is 0 Å². The molecule has 1 atom stereocenters. The Morgan fingerprint density at radius 2 is 1.77 bits per heavy atom. The van der Waals surface area contributed by atoms with Crippen molar-refractivity contribution >= 4 is 35.6 Å². The van der Waals surface area contributed by atoms with Gasteiger partial charge in [-0.3, -0.25) is 19.3 Å². The molecule has 6 heteroatoms. The van der Waals surface area contributed by atoms with Gasteiger partial charge in [-0.05, 0) is 74.4 Å². The number of imide groups is 1. The summed E-state index contributed by atoms with van der Waals surface area (Å²) in [4.78, 5) is 39.6. The first-order chi connectivity index (χ1) is 14.7. The Bertz CT molecular complexity index is 1180. The molecule has 6 nitrogen and oxygen atoms in total. The van der Waals surface area contributed by atoms with E-state index in [2.05, 4.69) is 18.7 Å². The molecule has 0 aromatic heterocycles. The fourth-order valence-corrected chi connectivity index (χ4v) is 5.18. The van der Waals surface area contributed by atoms with Crippen molar-refractivity contribution in [3.63, 3.8) is 0 Å². The maximum Gasteiger partial charge on any atom is 0.234 e. The average molecular weight is 416 g/mol. The minimum absolute atomic E-state index is 0.169. The number of amides is 2. The van der Waals surface area contributed by atoms with Crippen molar-refractivity contribution in [1.82, 2.24) is 0 Å². The predicted octanol–water partition coefficient (Wildman–Crippen LogP) is 3.99. The number of anilines is 2. The molecule has 3 aliphatic rings. The van der Waals surface area contributed by atoms with Crippen LogP contribution < -0.4 is 14.5 Å². The number of aldehydes is 1. The minimum atomic E-state index is -0.854. The third-order valence-electron chi connectivity index (χ3n) is 6.88. The maximum absolute atomic E-state index is 12.3. The van der Waals surface area contributed by atoms with Crippen LogP contribution in [0.25, 0.3) is 6.08 Å². The number of likely N-dealkylation sites (N-methyl/N-ethyl adjacent to an activating group) is 1. The topological polar surface area (TPSA) is 66.9 Å². The lowest BCUT2D eigenvalue weighted by atomic mass is 9.76. The molecule has 1 unspecified atom stereocenters. The van der Waals surface area contributed by atoms with E-state index >= 15 is 0 Å². The second kappa shape index (κ2) is 6.30. The van der Waals surface area contributed by atoms with Crippen molar-refractivity contribution in [2.75, 3.05) is 16.8 Å². The standard InChI is InChI=1S/C25H24N2O4/c1-15-11-16-9-10-25(31-23(16)17(12-15)14-28)24(2,3)19-13-18(5-6-20(19)26(25)4)27-21(29)7-8-22(27)30/h5-6,9-14H,7-8H2,1-4H3. The second-order valence-electron chi connectivity index (χ2n) is 9.03. The second-order valence-corrected chi connectivity index (χ2v) is 9.03. The number of rotatable bonds is 2. The van der Waals surface area contributed by atoms with Gasteiger partial charge in [-0.1, -0.05) is 0 Å². The highest BCUT2D eigenvalue weighted by Gasteiger charge is 2.58. The number of carbonyl (C=O) groups excluding carboxylic acids is 3. The van der Waals surface area contributed by atoms with Gasteiger partial charge < -0.3 is 9.64 Å². The number of hydrogen-bond acceptors (Lipinski definition) is 5. The summed E-state index contributed by atoms with van der Waals surface area (Å²) in [5.41, 5.74) is 3.54. The zero-order valence-electron chi connectivity index (χ0n) is 18.1. The van der Waals surface area contributed by atoms with Crippen LogP contribution in [0.1, 0.15) is 53.7 Å². The molecule has 1 spiro atoms. The van der Waals surface area contributed by atoms with Gasteiger partial charge in [0.05, 0.1) is 16.7 Å². The molecule has 3 aliphatic heterocycles. The van der Waals surface area contributed by atoms with Crippen LogP contribution in [0.3, 0.4) is 0 Å². The number of hydrogen-bond donors (Lipinski definition) is 0. The summed E-state index contributed by atoms with van der Waals surface area (Å²) in [5.74, 6) is 0.232. The molecule has 0 bridgehead atoms. The van der Waals surface area contributed by atoms with Gasteiger partial charge in [-0.15, -0.1) is 0 Å². The van der Waals surface area contributed by atoms with Crippen molar-refractivity contribution in [2.45, 2.75) is 44.8 Å². The molecule has 2 aromatic rings. The molecule has 5 rings (SSSR count). The summed E-state index contributed by atoms with van der Waals surface area (Å²) < 4.78 is 6.64. The summed E-state index contributed by atoms with van der Waals surface area (Å²) >= 11 is 0. The highest BCUT2D eigenvalue weighted by molar-refractivity contribution is 6.20. The first-order valence-corrected chi connectivity index (χ1v) is 10.4. The number of aryl methyl sites for hydroxylation is 1. The van der Waals surface area contributed by atoms with Gasteiger partial charge in [0.25, 0.3) is 0 Å². The average Bonchev–Trinajstić information content (AvgIpc) is 3.15. The number of fused-ring (bicyclic) bond motifs is 2. The largest absolute Gasteiger partial charge is 0.462 e. The molecular formula is C25H24N2O4. The number of benzene rings is 2. The molecule has 1 fully saturated rings. The van der Waals surface area contributed by atoms with Crippen LogP contribution in [0.5, 0.6) is 5.75 Å². The van der Waals surface area contributed by atoms with Crippen LogP contribution in [0.2, 0.25) is 0 Å². The van der Waals surface area contributed by atoms with E-state index in [0.29, 0.717) is 17.0 Å². The van der Waals surface area contributed by atoms with Crippen LogP contribution in [0.15, 0.2) is 36.4 Å². The van der Waals surface area contributed by atoms with Gasteiger partial charge in [0, 0.05) is 31.1 Å². The lowest BCUT2D eigenvalue weighted by molar-refractivity contribution is -0.121. The zero-order valence-corrected chi connectivity index (χ0v) is 18.1. The smallest absolute Gasteiger partial charge is 0.234 e. The molecule has 3 heterocycles. The van der Waals surface area contributed by atoms with Gasteiger partial charge in [-0.2, -0.15) is 0 Å². The SMILES string of the molecule is Cc1cc(C=O)c2c(c1)C=CC1(O2)N(C)c2ccc(N3C(=O)CCC3=O)cc2C1(C)C. The summed E-state index contributed by atoms with van der Waals surface area (Å²) in [6.07, 6.45) is 5.38. The summed E-state index contributed by atoms with van der Waals surface area (Å²) in [7, 11) is 1.96. The Morgan fingerprint density at radius 3 is 2.45 bits per heavy atom. The molecule has 2 amide bonds. The molecule has 31 heavy (non-hydrogen) atoms. The van der Waals surface area contributed by atoms with E-state index in [1.165, 1.54) is 4.90 Å². The fourth-order valence-electron chi connectivity index (χ4n) is 5.18. The van der Waals surface area contributed by atoms with Crippen LogP contribution >= 0.6 is 0 Å². The minimum Gasteiger partial charge on any atom is -0.462 e. The van der Waals surface area contributed by atoms with E-state index in [1.54, 1.807) is 0 Å². The molecule has 1 saturated heterocycles. The van der Waals surface area contributed by atoms with E-state index in [-0.39, 0.29) is 24.7 Å². The quantitative estimate of drug-likeness (QED) is 0.547. The molecule has 2 aromatic carbocycles. The third kappa shape index (κ3) is 2.48. The van der Waals surface area contributed by atoms with Crippen LogP contribution in [-0.2, 0) is 15.0 Å². The third-order valence-corrected chi connectivity index (χ3v) is 6.88. The monoisotopic (exact) mass is 416 g/mol.